The van der Waals surface area contributed by atoms with Crippen LogP contribution in [-0.2, 0) is 16.0 Å². The molecule has 7 heteroatoms. The first kappa shape index (κ1) is 13.7. The van der Waals surface area contributed by atoms with Gasteiger partial charge < -0.3 is 4.74 Å². The Labute approximate surface area is 125 Å². The van der Waals surface area contributed by atoms with Gasteiger partial charge in [-0.1, -0.05) is 29.5 Å². The van der Waals surface area contributed by atoms with Gasteiger partial charge >= 0.3 is 5.97 Å². The van der Waals surface area contributed by atoms with Gasteiger partial charge in [0.15, 0.2) is 5.60 Å². The van der Waals surface area contributed by atoms with E-state index in [1.165, 1.54) is 11.3 Å². The lowest BCUT2D eigenvalue weighted by Crippen LogP contribution is -2.48. The normalized spacial score (nSPS) is 20.6. The zero-order valence-corrected chi connectivity index (χ0v) is 12.4. The van der Waals surface area contributed by atoms with Crippen molar-refractivity contribution in [1.82, 2.24) is 10.2 Å². The van der Waals surface area contributed by atoms with E-state index >= 15 is 0 Å². The number of benzene rings is 1. The number of ether oxygens (including phenoxy) is 1. The van der Waals surface area contributed by atoms with Crippen LogP contribution in [0.1, 0.15) is 27.9 Å². The molecule has 0 saturated heterocycles. The van der Waals surface area contributed by atoms with Gasteiger partial charge in [-0.25, -0.2) is 4.79 Å². The summed E-state index contributed by atoms with van der Waals surface area (Å²) in [5.41, 5.74) is 0.0692. The van der Waals surface area contributed by atoms with Gasteiger partial charge in [-0.3, -0.25) is 10.1 Å². The number of fused-ring (bicyclic) bond motifs is 1. The smallest absolute Gasteiger partial charge is 0.339 e. The number of amides is 1. The molecule has 1 aliphatic rings. The van der Waals surface area contributed by atoms with E-state index in [0.717, 1.165) is 10.6 Å². The second-order valence-electron chi connectivity index (χ2n) is 5.03. The molecule has 2 heterocycles. The van der Waals surface area contributed by atoms with Crippen LogP contribution in [-0.4, -0.2) is 27.7 Å². The summed E-state index contributed by atoms with van der Waals surface area (Å²) in [6, 6.07) is 7.14. The molecule has 0 spiro atoms. The van der Waals surface area contributed by atoms with Crippen LogP contribution in [0.15, 0.2) is 24.3 Å². The Kier molecular flexibility index (Phi) is 3.21. The number of cyclic esters (lactones) is 1. The van der Waals surface area contributed by atoms with Gasteiger partial charge in [-0.2, -0.15) is 0 Å². The van der Waals surface area contributed by atoms with E-state index in [1.54, 1.807) is 26.0 Å². The number of hydrogen-bond donors (Lipinski definition) is 1. The van der Waals surface area contributed by atoms with E-state index in [9.17, 15) is 9.59 Å². The van der Waals surface area contributed by atoms with Crippen LogP contribution in [0.25, 0.3) is 0 Å². The summed E-state index contributed by atoms with van der Waals surface area (Å²) < 4.78 is 5.35. The topological polar surface area (TPSA) is 81.2 Å². The Morgan fingerprint density at radius 3 is 2.86 bits per heavy atom. The molecule has 1 N–H and O–H groups in total. The van der Waals surface area contributed by atoms with Gasteiger partial charge in [0.2, 0.25) is 5.13 Å². The summed E-state index contributed by atoms with van der Waals surface area (Å²) in [7, 11) is 0. The number of nitrogens with zero attached hydrogens (tertiary/aromatic N) is 2. The fraction of sp³-hybridized carbons (Fsp3) is 0.286. The van der Waals surface area contributed by atoms with E-state index in [0.29, 0.717) is 17.1 Å². The maximum Gasteiger partial charge on any atom is 0.339 e. The molecule has 0 bridgehead atoms. The largest absolute Gasteiger partial charge is 0.445 e. The van der Waals surface area contributed by atoms with Crippen LogP contribution < -0.4 is 5.32 Å². The number of carbonyl (C=O) groups is 2. The van der Waals surface area contributed by atoms with Crippen molar-refractivity contribution in [2.24, 2.45) is 0 Å². The number of nitrogens with one attached hydrogen (secondary N) is 1. The Morgan fingerprint density at radius 2 is 2.14 bits per heavy atom. The van der Waals surface area contributed by atoms with Crippen molar-refractivity contribution in [1.29, 1.82) is 0 Å². The van der Waals surface area contributed by atoms with Gasteiger partial charge in [0.05, 0.1) is 5.56 Å². The van der Waals surface area contributed by atoms with Gasteiger partial charge in [-0.05, 0) is 25.5 Å². The highest BCUT2D eigenvalue weighted by Gasteiger charge is 2.42. The Morgan fingerprint density at radius 1 is 1.38 bits per heavy atom. The molecular weight excluding hydrogens is 290 g/mol. The van der Waals surface area contributed by atoms with Crippen LogP contribution in [0.5, 0.6) is 0 Å². The molecule has 1 atom stereocenters. The van der Waals surface area contributed by atoms with Gasteiger partial charge in [0.1, 0.15) is 5.01 Å². The van der Waals surface area contributed by atoms with Crippen LogP contribution in [0, 0.1) is 6.92 Å². The summed E-state index contributed by atoms with van der Waals surface area (Å²) in [4.78, 5) is 24.4. The van der Waals surface area contributed by atoms with Crippen LogP contribution in [0.4, 0.5) is 5.13 Å². The molecule has 0 radical (unpaired) electrons. The van der Waals surface area contributed by atoms with E-state index in [1.807, 2.05) is 12.1 Å². The monoisotopic (exact) mass is 303 g/mol. The molecule has 0 fully saturated rings. The quantitative estimate of drug-likeness (QED) is 0.858. The fourth-order valence-corrected chi connectivity index (χ4v) is 2.82. The van der Waals surface area contributed by atoms with Crippen molar-refractivity contribution < 1.29 is 14.3 Å². The van der Waals surface area contributed by atoms with E-state index in [4.69, 9.17) is 4.74 Å². The summed E-state index contributed by atoms with van der Waals surface area (Å²) in [5.74, 6) is -0.885. The lowest BCUT2D eigenvalue weighted by atomic mass is 9.89. The Bertz CT molecular complexity index is 728. The number of aromatic nitrogens is 2. The molecule has 1 amide bonds. The number of carbonyl (C=O) groups excluding carboxylic acids is 2. The molecule has 1 aromatic carbocycles. The lowest BCUT2D eigenvalue weighted by molar-refractivity contribution is -0.134. The van der Waals surface area contributed by atoms with Crippen LogP contribution in [0.3, 0.4) is 0 Å². The second-order valence-corrected chi connectivity index (χ2v) is 6.22. The summed E-state index contributed by atoms with van der Waals surface area (Å²) in [6.45, 7) is 3.40. The Hall–Kier alpha value is -2.28. The minimum atomic E-state index is -1.25. The average molecular weight is 303 g/mol. The van der Waals surface area contributed by atoms with E-state index < -0.39 is 17.5 Å². The first-order chi connectivity index (χ1) is 9.98. The maximum absolute atomic E-state index is 12.4. The molecule has 21 heavy (non-hydrogen) atoms. The molecular formula is C14H13N3O3S. The van der Waals surface area contributed by atoms with Crippen LogP contribution in [0.2, 0.25) is 0 Å². The van der Waals surface area contributed by atoms with Gasteiger partial charge in [0, 0.05) is 6.42 Å². The molecule has 1 aliphatic heterocycles. The van der Waals surface area contributed by atoms with Crippen LogP contribution >= 0.6 is 11.3 Å². The van der Waals surface area contributed by atoms with Crippen molar-refractivity contribution in [3.05, 3.63) is 40.4 Å². The van der Waals surface area contributed by atoms with E-state index in [-0.39, 0.29) is 0 Å². The predicted octanol–water partition coefficient (Wildman–Crippen LogP) is 1.96. The average Bonchev–Trinajstić information content (AvgIpc) is 2.84. The molecule has 3 rings (SSSR count). The van der Waals surface area contributed by atoms with Crippen molar-refractivity contribution in [2.75, 3.05) is 5.32 Å². The molecule has 1 aromatic heterocycles. The standard InChI is InChI=1S/C14H13N3O3S/c1-8-16-17-13(21-8)15-12(19)14(2)7-9-5-3-4-6-10(9)11(18)20-14/h3-6H,7H2,1-2H3,(H,15,17,19)/t14-/m0/s1. The van der Waals surface area contributed by atoms with Crippen molar-refractivity contribution in [3.63, 3.8) is 0 Å². The van der Waals surface area contributed by atoms with E-state index in [2.05, 4.69) is 15.5 Å². The number of aryl methyl sites for hydroxylation is 1. The summed E-state index contributed by atoms with van der Waals surface area (Å²) in [6.07, 6.45) is 0.332. The Balaban J connectivity index is 1.85. The third kappa shape index (κ3) is 2.52. The molecule has 108 valence electrons. The third-order valence-corrected chi connectivity index (χ3v) is 4.06. The molecule has 0 saturated carbocycles. The predicted molar refractivity (Wildman–Crippen MR) is 77.2 cm³/mol. The fourth-order valence-electron chi connectivity index (χ4n) is 2.24. The number of hydrogen-bond acceptors (Lipinski definition) is 6. The zero-order valence-electron chi connectivity index (χ0n) is 11.5. The minimum Gasteiger partial charge on any atom is -0.445 e. The number of anilines is 1. The zero-order chi connectivity index (χ0) is 15.0. The molecule has 0 aliphatic carbocycles. The van der Waals surface area contributed by atoms with Crippen molar-refractivity contribution in [2.45, 2.75) is 25.9 Å². The highest BCUT2D eigenvalue weighted by atomic mass is 32.1. The SMILES string of the molecule is Cc1nnc(NC(=O)[C@]2(C)Cc3ccccc3C(=O)O2)s1. The highest BCUT2D eigenvalue weighted by molar-refractivity contribution is 7.15. The number of rotatable bonds is 2. The van der Waals surface area contributed by atoms with Crippen molar-refractivity contribution in [3.8, 4) is 0 Å². The van der Waals surface area contributed by atoms with Gasteiger partial charge in [0.25, 0.3) is 5.91 Å². The second kappa shape index (κ2) is 4.92. The van der Waals surface area contributed by atoms with Gasteiger partial charge in [-0.15, -0.1) is 10.2 Å². The first-order valence-corrected chi connectivity index (χ1v) is 7.22. The first-order valence-electron chi connectivity index (χ1n) is 6.41. The lowest BCUT2D eigenvalue weighted by Gasteiger charge is -2.32. The molecule has 0 unspecified atom stereocenters. The molecule has 6 nitrogen and oxygen atoms in total. The summed E-state index contributed by atoms with van der Waals surface area (Å²) in [5, 5.41) is 11.5. The molecule has 2 aromatic rings. The summed E-state index contributed by atoms with van der Waals surface area (Å²) >= 11 is 1.27. The highest BCUT2D eigenvalue weighted by Crippen LogP contribution is 2.29. The minimum absolute atomic E-state index is 0.332. The number of esters is 1. The maximum atomic E-state index is 12.4. The van der Waals surface area contributed by atoms with Crippen molar-refractivity contribution >= 4 is 28.3 Å². The third-order valence-electron chi connectivity index (χ3n) is 3.31.